The third kappa shape index (κ3) is 4.48. The van der Waals surface area contributed by atoms with E-state index in [-0.39, 0.29) is 40.2 Å². The van der Waals surface area contributed by atoms with Crippen LogP contribution in [-0.2, 0) is 9.59 Å². The number of rotatable bonds is 8. The summed E-state index contributed by atoms with van der Waals surface area (Å²) in [6, 6.07) is 13.2. The van der Waals surface area contributed by atoms with Crippen molar-refractivity contribution in [2.24, 2.45) is 23.7 Å². The number of ketones is 1. The lowest BCUT2D eigenvalue weighted by atomic mass is 9.85. The molecule has 1 saturated carbocycles. The molecule has 6 rings (SSSR count). The van der Waals surface area contributed by atoms with Gasteiger partial charge < -0.3 is 9.15 Å². The smallest absolute Gasteiger partial charge is 0.379 e. The minimum Gasteiger partial charge on any atom is -0.457 e. The number of furan rings is 1. The summed E-state index contributed by atoms with van der Waals surface area (Å²) in [4.78, 5) is 76.5. The summed E-state index contributed by atoms with van der Waals surface area (Å²) in [6.45, 7) is -0.652. The molecule has 1 aliphatic heterocycles. The Morgan fingerprint density at radius 1 is 0.927 bits per heavy atom. The number of fused-ring (bicyclic) bond motifs is 5. The standard InChI is InChI=1S/C29H21N3O9/c33-22(16-7-11-21(12-8-16)41-29(37)23-2-1-13-40-23)15-30(26(34)17-5-9-20(10-6-17)32(38)39)31-27(35)24-18-3-4-19(14-18)25(24)28(31)36/h1-13,18-19,24-25H,14-15H2. The van der Waals surface area contributed by atoms with Crippen LogP contribution in [0.2, 0.25) is 0 Å². The third-order valence-corrected chi connectivity index (χ3v) is 7.65. The number of carbonyl (C=O) groups is 5. The maximum Gasteiger partial charge on any atom is 0.379 e. The van der Waals surface area contributed by atoms with E-state index in [2.05, 4.69) is 0 Å². The largest absolute Gasteiger partial charge is 0.457 e. The fraction of sp³-hybridized carbons (Fsp3) is 0.207. The molecular weight excluding hydrogens is 534 g/mol. The van der Waals surface area contributed by atoms with E-state index < -0.39 is 52.8 Å². The van der Waals surface area contributed by atoms with Crippen molar-refractivity contribution in [3.8, 4) is 5.75 Å². The SMILES string of the molecule is O=C(CN(C(=O)c1ccc([N+](=O)[O-])cc1)N1C(=O)C2C3C=CC(C3)C2C1=O)c1ccc(OC(=O)c2ccco2)cc1. The lowest BCUT2D eigenvalue weighted by molar-refractivity contribution is -0.384. The molecule has 1 saturated heterocycles. The summed E-state index contributed by atoms with van der Waals surface area (Å²) >= 11 is 0. The van der Waals surface area contributed by atoms with Gasteiger partial charge in [0.15, 0.2) is 5.78 Å². The molecule has 12 heteroatoms. The number of non-ortho nitro benzene ring substituents is 1. The summed E-state index contributed by atoms with van der Waals surface area (Å²) in [5.74, 6) is -4.58. The van der Waals surface area contributed by atoms with Crippen LogP contribution in [0, 0.1) is 33.8 Å². The zero-order valence-corrected chi connectivity index (χ0v) is 21.2. The second-order valence-electron chi connectivity index (χ2n) is 9.97. The summed E-state index contributed by atoms with van der Waals surface area (Å²) in [5, 5.41) is 12.6. The van der Waals surface area contributed by atoms with E-state index in [4.69, 9.17) is 9.15 Å². The Hall–Kier alpha value is -5.39. The van der Waals surface area contributed by atoms with Gasteiger partial charge in [0.1, 0.15) is 12.3 Å². The Kier molecular flexibility index (Phi) is 6.29. The number of allylic oxidation sites excluding steroid dienone is 2. The monoisotopic (exact) mass is 555 g/mol. The van der Waals surface area contributed by atoms with E-state index in [9.17, 15) is 34.1 Å². The molecule has 4 atom stereocenters. The summed E-state index contributed by atoms with van der Waals surface area (Å²) in [5.41, 5.74) is -0.157. The molecule has 41 heavy (non-hydrogen) atoms. The minimum absolute atomic E-state index is 0.00102. The van der Waals surface area contributed by atoms with Crippen molar-refractivity contribution >= 4 is 35.2 Å². The number of carbonyl (C=O) groups excluding carboxylic acids is 5. The number of benzene rings is 2. The highest BCUT2D eigenvalue weighted by Gasteiger charge is 2.61. The topological polar surface area (TPSA) is 157 Å². The van der Waals surface area contributed by atoms with Gasteiger partial charge in [0, 0.05) is 23.3 Å². The second-order valence-corrected chi connectivity index (χ2v) is 9.97. The average Bonchev–Trinajstić information content (AvgIpc) is 3.78. The number of hydrogen-bond acceptors (Lipinski definition) is 9. The zero-order valence-electron chi connectivity index (χ0n) is 21.2. The van der Waals surface area contributed by atoms with Gasteiger partial charge in [-0.25, -0.2) is 9.80 Å². The number of Topliss-reactive ketones (excluding diaryl/α,β-unsaturated/α-hetero) is 1. The van der Waals surface area contributed by atoms with Crippen LogP contribution < -0.4 is 4.74 Å². The molecule has 3 aliphatic rings. The molecule has 1 aromatic heterocycles. The van der Waals surface area contributed by atoms with Gasteiger partial charge in [0.2, 0.25) is 5.76 Å². The van der Waals surface area contributed by atoms with Gasteiger partial charge in [-0.05, 0) is 66.8 Å². The van der Waals surface area contributed by atoms with E-state index in [1.54, 1.807) is 0 Å². The van der Waals surface area contributed by atoms with Gasteiger partial charge in [-0.2, -0.15) is 5.01 Å². The van der Waals surface area contributed by atoms with Crippen molar-refractivity contribution in [2.45, 2.75) is 6.42 Å². The molecule has 3 aromatic rings. The van der Waals surface area contributed by atoms with Gasteiger partial charge in [-0.1, -0.05) is 12.2 Å². The summed E-state index contributed by atoms with van der Waals surface area (Å²) in [6.07, 6.45) is 5.84. The van der Waals surface area contributed by atoms with Crippen LogP contribution in [0.5, 0.6) is 5.75 Å². The zero-order chi connectivity index (χ0) is 28.8. The van der Waals surface area contributed by atoms with Crippen molar-refractivity contribution < 1.29 is 38.1 Å². The van der Waals surface area contributed by atoms with Crippen LogP contribution in [0.25, 0.3) is 0 Å². The Morgan fingerprint density at radius 3 is 2.10 bits per heavy atom. The van der Waals surface area contributed by atoms with E-state index in [1.165, 1.54) is 54.8 Å². The predicted molar refractivity (Wildman–Crippen MR) is 138 cm³/mol. The number of nitro groups is 1. The van der Waals surface area contributed by atoms with Crippen LogP contribution in [0.4, 0.5) is 5.69 Å². The number of ether oxygens (including phenoxy) is 1. The van der Waals surface area contributed by atoms with Gasteiger partial charge >= 0.3 is 5.97 Å². The van der Waals surface area contributed by atoms with E-state index in [0.717, 1.165) is 22.2 Å². The first-order valence-electron chi connectivity index (χ1n) is 12.7. The summed E-state index contributed by atoms with van der Waals surface area (Å²) in [7, 11) is 0. The average molecular weight is 555 g/mol. The highest BCUT2D eigenvalue weighted by atomic mass is 16.6. The minimum atomic E-state index is -0.834. The second kappa shape index (κ2) is 9.97. The van der Waals surface area contributed by atoms with E-state index in [1.807, 2.05) is 12.2 Å². The summed E-state index contributed by atoms with van der Waals surface area (Å²) < 4.78 is 10.2. The molecule has 12 nitrogen and oxygen atoms in total. The number of hydrogen-bond donors (Lipinski definition) is 0. The van der Waals surface area contributed by atoms with E-state index >= 15 is 0 Å². The van der Waals surface area contributed by atoms with Crippen LogP contribution in [0.3, 0.4) is 0 Å². The van der Waals surface area contributed by atoms with Gasteiger partial charge in [0.05, 0.1) is 23.0 Å². The third-order valence-electron chi connectivity index (χ3n) is 7.65. The maximum absolute atomic E-state index is 13.6. The first-order valence-corrected chi connectivity index (χ1v) is 12.7. The van der Waals surface area contributed by atoms with Crippen molar-refractivity contribution in [1.29, 1.82) is 0 Å². The molecule has 206 valence electrons. The van der Waals surface area contributed by atoms with Crippen molar-refractivity contribution in [1.82, 2.24) is 10.0 Å². The molecule has 0 N–H and O–H groups in total. The number of imide groups is 1. The molecule has 3 amide bonds. The molecule has 2 fully saturated rings. The number of nitrogens with zero attached hydrogens (tertiary/aromatic N) is 3. The van der Waals surface area contributed by atoms with E-state index in [0.29, 0.717) is 6.42 Å². The molecule has 0 spiro atoms. The predicted octanol–water partition coefficient (Wildman–Crippen LogP) is 3.45. The molecule has 2 aliphatic carbocycles. The Bertz CT molecular complexity index is 1580. The van der Waals surface area contributed by atoms with Crippen molar-refractivity contribution in [2.75, 3.05) is 6.54 Å². The van der Waals surface area contributed by atoms with Gasteiger partial charge in [0.25, 0.3) is 23.4 Å². The van der Waals surface area contributed by atoms with Gasteiger partial charge in [-0.15, -0.1) is 0 Å². The van der Waals surface area contributed by atoms with Crippen LogP contribution in [-0.4, -0.2) is 51.0 Å². The first-order chi connectivity index (χ1) is 19.7. The molecule has 2 bridgehead atoms. The highest BCUT2D eigenvalue weighted by molar-refractivity contribution is 6.10. The lowest BCUT2D eigenvalue weighted by Crippen LogP contribution is -2.52. The molecule has 2 aromatic carbocycles. The quantitative estimate of drug-likeness (QED) is 0.0772. The number of amides is 3. The fourth-order valence-electron chi connectivity index (χ4n) is 5.72. The van der Waals surface area contributed by atoms with Crippen molar-refractivity contribution in [3.05, 3.63) is 106 Å². The first kappa shape index (κ1) is 25.9. The molecular formula is C29H21N3O9. The lowest BCUT2D eigenvalue weighted by Gasteiger charge is -2.30. The Morgan fingerprint density at radius 2 is 1.54 bits per heavy atom. The Labute approximate surface area is 231 Å². The van der Waals surface area contributed by atoms with Crippen LogP contribution in [0.1, 0.15) is 37.7 Å². The number of esters is 1. The highest BCUT2D eigenvalue weighted by Crippen LogP contribution is 2.52. The van der Waals surface area contributed by atoms with Crippen molar-refractivity contribution in [3.63, 3.8) is 0 Å². The molecule has 4 unspecified atom stereocenters. The number of nitro benzene ring substituents is 1. The Balaban J connectivity index is 1.26. The normalized spacial score (nSPS) is 22.1. The van der Waals surface area contributed by atoms with Crippen LogP contribution in [0.15, 0.2) is 83.5 Å². The molecule has 2 heterocycles. The number of hydrazine groups is 1. The maximum atomic E-state index is 13.6. The fourth-order valence-corrected chi connectivity index (χ4v) is 5.72. The molecule has 0 radical (unpaired) electrons. The van der Waals surface area contributed by atoms with Crippen LogP contribution >= 0.6 is 0 Å². The van der Waals surface area contributed by atoms with Gasteiger partial charge in [-0.3, -0.25) is 29.3 Å².